The molecule has 4 nitrogen and oxygen atoms in total. The van der Waals surface area contributed by atoms with Crippen molar-refractivity contribution >= 4 is 11.9 Å². The van der Waals surface area contributed by atoms with E-state index in [4.69, 9.17) is 10.2 Å². The van der Waals surface area contributed by atoms with E-state index >= 15 is 0 Å². The van der Waals surface area contributed by atoms with Crippen molar-refractivity contribution in [2.75, 3.05) is 0 Å². The van der Waals surface area contributed by atoms with Crippen molar-refractivity contribution in [3.05, 3.63) is 0 Å². The molecule has 0 aliphatic rings. The van der Waals surface area contributed by atoms with Gasteiger partial charge in [-0.15, -0.1) is 0 Å². The summed E-state index contributed by atoms with van der Waals surface area (Å²) >= 11 is 0. The van der Waals surface area contributed by atoms with E-state index in [0.717, 1.165) is 6.42 Å². The molecular formula is C9H17LiO4. The van der Waals surface area contributed by atoms with Crippen LogP contribution in [0.2, 0.25) is 0 Å². The first-order valence-corrected chi connectivity index (χ1v) is 4.34. The predicted molar refractivity (Wildman–Crippen MR) is 48.6 cm³/mol. The van der Waals surface area contributed by atoms with Crippen molar-refractivity contribution in [1.29, 1.82) is 0 Å². The van der Waals surface area contributed by atoms with Gasteiger partial charge in [-0.25, -0.2) is 0 Å². The average molecular weight is 196 g/mol. The van der Waals surface area contributed by atoms with Crippen LogP contribution in [0.5, 0.6) is 0 Å². The molecule has 78 valence electrons. The molecule has 0 bridgehead atoms. The van der Waals surface area contributed by atoms with E-state index < -0.39 is 17.4 Å². The second-order valence-electron chi connectivity index (χ2n) is 3.50. The number of carboxylic acid groups (broad SMARTS) is 2. The van der Waals surface area contributed by atoms with Gasteiger partial charge >= 0.3 is 30.8 Å². The average Bonchev–Trinajstić information content (AvgIpc) is 2.02. The molecule has 14 heavy (non-hydrogen) atoms. The van der Waals surface area contributed by atoms with Gasteiger partial charge in [-0.3, -0.25) is 9.59 Å². The molecule has 1 unspecified atom stereocenters. The van der Waals surface area contributed by atoms with Crippen LogP contribution >= 0.6 is 0 Å². The Hall–Kier alpha value is -0.463. The molecule has 0 spiro atoms. The van der Waals surface area contributed by atoms with Crippen molar-refractivity contribution in [3.8, 4) is 0 Å². The van der Waals surface area contributed by atoms with Crippen LogP contribution in [0.25, 0.3) is 0 Å². The number of carbonyl (C=O) groups is 2. The standard InChI is InChI=1S/C9H16O4.Li.H/c1-4-5-6(2)9(3,7(10)11)8(12)13;;/h6H,4-5H2,1-3H3,(H,10,11)(H,12,13);;/q;+1;-1. The fourth-order valence-electron chi connectivity index (χ4n) is 1.23. The van der Waals surface area contributed by atoms with Crippen LogP contribution in [0, 0.1) is 11.3 Å². The van der Waals surface area contributed by atoms with Gasteiger partial charge in [0.2, 0.25) is 0 Å². The van der Waals surface area contributed by atoms with E-state index in [-0.39, 0.29) is 26.2 Å². The number of hydrogen-bond donors (Lipinski definition) is 2. The molecule has 1 atom stereocenters. The summed E-state index contributed by atoms with van der Waals surface area (Å²) in [5, 5.41) is 17.6. The normalized spacial score (nSPS) is 12.8. The summed E-state index contributed by atoms with van der Waals surface area (Å²) in [6, 6.07) is 0. The zero-order chi connectivity index (χ0) is 10.6. The van der Waals surface area contributed by atoms with E-state index in [1.807, 2.05) is 6.92 Å². The Morgan fingerprint density at radius 3 is 1.93 bits per heavy atom. The predicted octanol–water partition coefficient (Wildman–Crippen LogP) is -1.29. The maximum absolute atomic E-state index is 10.8. The molecule has 0 rings (SSSR count). The van der Waals surface area contributed by atoms with Crippen molar-refractivity contribution in [1.82, 2.24) is 0 Å². The summed E-state index contributed by atoms with van der Waals surface area (Å²) in [5.74, 6) is -2.88. The summed E-state index contributed by atoms with van der Waals surface area (Å²) in [6.07, 6.45) is 1.40. The van der Waals surface area contributed by atoms with Crippen LogP contribution in [0.3, 0.4) is 0 Å². The minimum Gasteiger partial charge on any atom is -1.00 e. The molecule has 0 aromatic rings. The molecule has 0 aromatic heterocycles. The molecular weight excluding hydrogens is 179 g/mol. The molecule has 5 heteroatoms. The molecule has 0 saturated carbocycles. The summed E-state index contributed by atoms with van der Waals surface area (Å²) in [5.41, 5.74) is -1.66. The van der Waals surface area contributed by atoms with Crippen LogP contribution in [0.4, 0.5) is 0 Å². The van der Waals surface area contributed by atoms with Gasteiger partial charge in [0.15, 0.2) is 5.41 Å². The Kier molecular flexibility index (Phi) is 6.97. The molecule has 0 saturated heterocycles. The first kappa shape index (κ1) is 16.0. The van der Waals surface area contributed by atoms with Crippen LogP contribution in [-0.4, -0.2) is 22.2 Å². The molecule has 0 heterocycles. The molecule has 2 N–H and O–H groups in total. The zero-order valence-electron chi connectivity index (χ0n) is 10.2. The number of carboxylic acids is 2. The van der Waals surface area contributed by atoms with E-state index in [1.54, 1.807) is 6.92 Å². The van der Waals surface area contributed by atoms with Crippen LogP contribution in [0.1, 0.15) is 35.0 Å². The van der Waals surface area contributed by atoms with Crippen molar-refractivity contribution < 1.29 is 40.1 Å². The van der Waals surface area contributed by atoms with Crippen molar-refractivity contribution in [2.45, 2.75) is 33.6 Å². The quantitative estimate of drug-likeness (QED) is 0.424. The smallest absolute Gasteiger partial charge is 1.00 e. The van der Waals surface area contributed by atoms with Gasteiger partial charge in [0.05, 0.1) is 0 Å². The van der Waals surface area contributed by atoms with Gasteiger partial charge in [-0.05, 0) is 19.3 Å². The summed E-state index contributed by atoms with van der Waals surface area (Å²) < 4.78 is 0. The van der Waals surface area contributed by atoms with Gasteiger partial charge in [-0.2, -0.15) is 0 Å². The largest absolute Gasteiger partial charge is 1.00 e. The van der Waals surface area contributed by atoms with E-state index in [9.17, 15) is 9.59 Å². The molecule has 0 amide bonds. The second kappa shape index (κ2) is 6.10. The maximum atomic E-state index is 10.8. The van der Waals surface area contributed by atoms with Gasteiger partial charge < -0.3 is 11.6 Å². The molecule has 0 aromatic carbocycles. The van der Waals surface area contributed by atoms with Crippen LogP contribution in [0.15, 0.2) is 0 Å². The minimum atomic E-state index is -1.66. The Morgan fingerprint density at radius 2 is 1.71 bits per heavy atom. The molecule has 0 fully saturated rings. The fraction of sp³-hybridized carbons (Fsp3) is 0.778. The van der Waals surface area contributed by atoms with Gasteiger partial charge in [-0.1, -0.05) is 20.3 Å². The second-order valence-corrected chi connectivity index (χ2v) is 3.50. The zero-order valence-corrected chi connectivity index (χ0v) is 9.20. The topological polar surface area (TPSA) is 74.6 Å². The van der Waals surface area contributed by atoms with Crippen molar-refractivity contribution in [3.63, 3.8) is 0 Å². The summed E-state index contributed by atoms with van der Waals surface area (Å²) in [6.45, 7) is 4.82. The van der Waals surface area contributed by atoms with E-state index in [2.05, 4.69) is 0 Å². The third-order valence-corrected chi connectivity index (χ3v) is 2.60. The van der Waals surface area contributed by atoms with E-state index in [0.29, 0.717) is 6.42 Å². The van der Waals surface area contributed by atoms with Crippen molar-refractivity contribution in [2.24, 2.45) is 11.3 Å². The SMILES string of the molecule is CCCC(C)C(C)(C(=O)O)C(=O)O.[H-].[Li+]. The fourth-order valence-corrected chi connectivity index (χ4v) is 1.23. The summed E-state index contributed by atoms with van der Waals surface area (Å²) in [7, 11) is 0. The third kappa shape index (κ3) is 3.04. The monoisotopic (exact) mass is 196 g/mol. The van der Waals surface area contributed by atoms with E-state index in [1.165, 1.54) is 6.92 Å². The minimum absolute atomic E-state index is 0. The first-order valence-electron chi connectivity index (χ1n) is 4.34. The van der Waals surface area contributed by atoms with Crippen LogP contribution < -0.4 is 18.9 Å². The van der Waals surface area contributed by atoms with Gasteiger partial charge in [0.1, 0.15) is 0 Å². The van der Waals surface area contributed by atoms with Crippen LogP contribution in [-0.2, 0) is 9.59 Å². The Bertz CT molecular complexity index is 206. The number of hydrogen-bond acceptors (Lipinski definition) is 2. The number of aliphatic carboxylic acids is 2. The first-order chi connectivity index (χ1) is 5.87. The summed E-state index contributed by atoms with van der Waals surface area (Å²) in [4.78, 5) is 21.6. The molecule has 0 aliphatic carbocycles. The number of rotatable bonds is 5. The third-order valence-electron chi connectivity index (χ3n) is 2.60. The molecule has 0 radical (unpaired) electrons. The van der Waals surface area contributed by atoms with Gasteiger partial charge in [0.25, 0.3) is 0 Å². The Balaban J connectivity index is -0.000000720. The molecule has 0 aliphatic heterocycles. The maximum Gasteiger partial charge on any atom is 1.00 e. The Labute approximate surface area is 97.4 Å². The Morgan fingerprint density at radius 1 is 1.36 bits per heavy atom. The van der Waals surface area contributed by atoms with Gasteiger partial charge in [0, 0.05) is 0 Å².